The molecule has 1 aliphatic heterocycles. The van der Waals surface area contributed by atoms with Crippen molar-refractivity contribution < 1.29 is 4.79 Å². The van der Waals surface area contributed by atoms with Crippen LogP contribution in [0.2, 0.25) is 0 Å². The molecule has 2 atom stereocenters. The molecule has 1 unspecified atom stereocenters. The molecule has 3 N–H and O–H groups in total. The number of hydrogen-bond donors (Lipinski definition) is 2. The Morgan fingerprint density at radius 2 is 2.53 bits per heavy atom. The highest BCUT2D eigenvalue weighted by molar-refractivity contribution is 7.99. The third-order valence-corrected chi connectivity index (χ3v) is 4.34. The quantitative estimate of drug-likeness (QED) is 0.764. The lowest BCUT2D eigenvalue weighted by atomic mass is 10.1. The van der Waals surface area contributed by atoms with Crippen molar-refractivity contribution in [3.05, 3.63) is 0 Å². The summed E-state index contributed by atoms with van der Waals surface area (Å²) in [6, 6.07) is 0.0148. The van der Waals surface area contributed by atoms with E-state index in [9.17, 15) is 4.79 Å². The van der Waals surface area contributed by atoms with Crippen LogP contribution in [0.5, 0.6) is 0 Å². The summed E-state index contributed by atoms with van der Waals surface area (Å²) in [6.45, 7) is 0. The number of nitrogens with one attached hydrogen (secondary N) is 1. The normalized spacial score (nSPS) is 23.5. The van der Waals surface area contributed by atoms with Crippen LogP contribution in [-0.2, 0) is 4.79 Å². The number of hydrogen-bond acceptors (Lipinski definition) is 4. The van der Waals surface area contributed by atoms with Gasteiger partial charge in [-0.15, -0.1) is 0 Å². The van der Waals surface area contributed by atoms with Crippen LogP contribution in [0.4, 0.5) is 0 Å². The van der Waals surface area contributed by atoms with E-state index in [1.807, 2.05) is 18.0 Å². The first-order valence-corrected chi connectivity index (χ1v) is 7.91. The van der Waals surface area contributed by atoms with E-state index in [1.54, 1.807) is 11.8 Å². The zero-order chi connectivity index (χ0) is 11.1. The number of nitrogens with two attached hydrogens (primary N) is 1. The number of amides is 1. The molecule has 0 aromatic heterocycles. The van der Waals surface area contributed by atoms with E-state index in [1.165, 1.54) is 12.2 Å². The molecule has 0 spiro atoms. The van der Waals surface area contributed by atoms with Gasteiger partial charge in [-0.25, -0.2) is 0 Å². The van der Waals surface area contributed by atoms with Gasteiger partial charge in [0, 0.05) is 11.8 Å². The summed E-state index contributed by atoms with van der Waals surface area (Å²) in [5.41, 5.74) is 5.79. The minimum Gasteiger partial charge on any atom is -0.351 e. The van der Waals surface area contributed by atoms with Gasteiger partial charge in [-0.1, -0.05) is 0 Å². The van der Waals surface area contributed by atoms with Crippen LogP contribution < -0.4 is 11.1 Å². The van der Waals surface area contributed by atoms with Gasteiger partial charge in [-0.05, 0) is 37.0 Å². The van der Waals surface area contributed by atoms with Gasteiger partial charge in [0.1, 0.15) is 0 Å². The number of rotatable bonds is 5. The molecule has 1 aliphatic rings. The fraction of sp³-hybridized carbons (Fsp3) is 0.900. The Labute approximate surface area is 100 Å². The second-order valence-corrected chi connectivity index (χ2v) is 5.95. The van der Waals surface area contributed by atoms with Crippen molar-refractivity contribution in [2.45, 2.75) is 31.3 Å². The lowest BCUT2D eigenvalue weighted by Crippen LogP contribution is -2.47. The Morgan fingerprint density at radius 1 is 1.73 bits per heavy atom. The van der Waals surface area contributed by atoms with E-state index >= 15 is 0 Å². The van der Waals surface area contributed by atoms with Gasteiger partial charge < -0.3 is 11.1 Å². The van der Waals surface area contributed by atoms with E-state index in [0.717, 1.165) is 24.3 Å². The lowest BCUT2D eigenvalue weighted by molar-refractivity contribution is -0.123. The van der Waals surface area contributed by atoms with E-state index in [0.29, 0.717) is 6.04 Å². The number of carbonyl (C=O) groups excluding carboxylic acids is 1. The van der Waals surface area contributed by atoms with Crippen molar-refractivity contribution in [3.63, 3.8) is 0 Å². The maximum absolute atomic E-state index is 11.7. The van der Waals surface area contributed by atoms with Gasteiger partial charge in [0.25, 0.3) is 0 Å². The molecule has 3 nitrogen and oxygen atoms in total. The summed E-state index contributed by atoms with van der Waals surface area (Å²) in [4.78, 5) is 11.7. The van der Waals surface area contributed by atoms with Crippen LogP contribution in [0.1, 0.15) is 19.3 Å². The van der Waals surface area contributed by atoms with Gasteiger partial charge in [-0.3, -0.25) is 4.79 Å². The predicted octanol–water partition coefficient (Wildman–Crippen LogP) is 1.08. The fourth-order valence-corrected chi connectivity index (χ4v) is 3.10. The topological polar surface area (TPSA) is 55.1 Å². The van der Waals surface area contributed by atoms with Crippen molar-refractivity contribution in [2.24, 2.45) is 5.73 Å². The zero-order valence-corrected chi connectivity index (χ0v) is 10.8. The molecule has 1 amide bonds. The summed E-state index contributed by atoms with van der Waals surface area (Å²) in [7, 11) is 0. The van der Waals surface area contributed by atoms with Gasteiger partial charge in [0.2, 0.25) is 5.91 Å². The molecule has 1 saturated heterocycles. The highest BCUT2D eigenvalue weighted by Gasteiger charge is 2.19. The molecule has 0 aliphatic carbocycles. The van der Waals surface area contributed by atoms with Crippen molar-refractivity contribution >= 4 is 29.4 Å². The Bertz CT molecular complexity index is 196. The average molecular weight is 248 g/mol. The van der Waals surface area contributed by atoms with E-state index < -0.39 is 0 Å². The Balaban J connectivity index is 2.20. The Kier molecular flexibility index (Phi) is 6.52. The van der Waals surface area contributed by atoms with Crippen molar-refractivity contribution in [1.82, 2.24) is 5.32 Å². The highest BCUT2D eigenvalue weighted by atomic mass is 32.2. The first-order valence-electron chi connectivity index (χ1n) is 5.36. The van der Waals surface area contributed by atoms with Crippen molar-refractivity contribution in [2.75, 3.05) is 23.5 Å². The van der Waals surface area contributed by atoms with Crippen LogP contribution in [0.25, 0.3) is 0 Å². The largest absolute Gasteiger partial charge is 0.351 e. The summed E-state index contributed by atoms with van der Waals surface area (Å²) in [5, 5.41) is 3.03. The second kappa shape index (κ2) is 7.41. The first-order chi connectivity index (χ1) is 7.24. The standard InChI is InChI=1S/C10H20N2OS2/c1-14-6-4-9(11)10(13)12-8-3-2-5-15-7-8/h8-9H,2-7,11H2,1H3,(H,12,13)/t8?,9-/m1/s1. The van der Waals surface area contributed by atoms with E-state index in [4.69, 9.17) is 5.73 Å². The maximum atomic E-state index is 11.7. The monoisotopic (exact) mass is 248 g/mol. The maximum Gasteiger partial charge on any atom is 0.237 e. The summed E-state index contributed by atoms with van der Waals surface area (Å²) in [5.74, 6) is 3.25. The molecule has 5 heteroatoms. The fourth-order valence-electron chi connectivity index (χ4n) is 1.54. The summed E-state index contributed by atoms with van der Waals surface area (Å²) < 4.78 is 0. The average Bonchev–Trinajstić information content (AvgIpc) is 2.27. The van der Waals surface area contributed by atoms with Crippen LogP contribution in [0.3, 0.4) is 0 Å². The second-order valence-electron chi connectivity index (χ2n) is 3.81. The smallest absolute Gasteiger partial charge is 0.237 e. The molecule has 1 heterocycles. The molecule has 88 valence electrons. The van der Waals surface area contributed by atoms with Crippen molar-refractivity contribution in [3.8, 4) is 0 Å². The molecule has 1 rings (SSSR count). The van der Waals surface area contributed by atoms with Gasteiger partial charge in [-0.2, -0.15) is 23.5 Å². The highest BCUT2D eigenvalue weighted by Crippen LogP contribution is 2.16. The van der Waals surface area contributed by atoms with Crippen LogP contribution in [0, 0.1) is 0 Å². The minimum absolute atomic E-state index is 0.0246. The molecule has 1 fully saturated rings. The minimum atomic E-state index is -0.329. The summed E-state index contributed by atoms with van der Waals surface area (Å²) >= 11 is 3.64. The summed E-state index contributed by atoms with van der Waals surface area (Å²) in [6.07, 6.45) is 5.11. The molecule has 0 aromatic carbocycles. The van der Waals surface area contributed by atoms with E-state index in [2.05, 4.69) is 5.32 Å². The van der Waals surface area contributed by atoms with E-state index in [-0.39, 0.29) is 11.9 Å². The van der Waals surface area contributed by atoms with Crippen LogP contribution >= 0.6 is 23.5 Å². The third kappa shape index (κ3) is 5.13. The molecule has 0 bridgehead atoms. The number of carbonyl (C=O) groups is 1. The molecule has 0 saturated carbocycles. The van der Waals surface area contributed by atoms with Crippen LogP contribution in [-0.4, -0.2) is 41.5 Å². The predicted molar refractivity (Wildman–Crippen MR) is 69.5 cm³/mol. The SMILES string of the molecule is CSCC[C@@H](N)C(=O)NC1CCCSC1. The van der Waals surface area contributed by atoms with Crippen molar-refractivity contribution in [1.29, 1.82) is 0 Å². The molecular formula is C10H20N2OS2. The number of thioether (sulfide) groups is 2. The molecule has 15 heavy (non-hydrogen) atoms. The molecular weight excluding hydrogens is 228 g/mol. The molecule has 0 aromatic rings. The Morgan fingerprint density at radius 3 is 3.13 bits per heavy atom. The van der Waals surface area contributed by atoms with Gasteiger partial charge in [0.05, 0.1) is 6.04 Å². The third-order valence-electron chi connectivity index (χ3n) is 2.48. The lowest BCUT2D eigenvalue weighted by Gasteiger charge is -2.24. The van der Waals surface area contributed by atoms with Gasteiger partial charge >= 0.3 is 0 Å². The first kappa shape index (κ1) is 13.2. The molecule has 0 radical (unpaired) electrons. The van der Waals surface area contributed by atoms with Crippen LogP contribution in [0.15, 0.2) is 0 Å². The van der Waals surface area contributed by atoms with Gasteiger partial charge in [0.15, 0.2) is 0 Å². The zero-order valence-electron chi connectivity index (χ0n) is 9.20. The Hall–Kier alpha value is 0.130.